The summed E-state index contributed by atoms with van der Waals surface area (Å²) < 4.78 is 10.2. The van der Waals surface area contributed by atoms with Crippen LogP contribution < -0.4 is 0 Å². The first-order valence-corrected chi connectivity index (χ1v) is 5.44. The molecule has 5 nitrogen and oxygen atoms in total. The van der Waals surface area contributed by atoms with Crippen LogP contribution in [0.3, 0.4) is 0 Å². The minimum atomic E-state index is -0.900. The fourth-order valence-corrected chi connectivity index (χ4v) is 2.66. The zero-order valence-corrected chi connectivity index (χ0v) is 9.25. The molecule has 2 fully saturated rings. The average Bonchev–Trinajstić information content (AvgIpc) is 3.16. The highest BCUT2D eigenvalue weighted by Crippen LogP contribution is 2.55. The van der Waals surface area contributed by atoms with Crippen molar-refractivity contribution >= 4 is 0 Å². The molecule has 0 spiro atoms. The summed E-state index contributed by atoms with van der Waals surface area (Å²) in [4.78, 5) is 2.01. The van der Waals surface area contributed by atoms with Crippen LogP contribution in [0, 0.1) is 17.2 Å². The van der Waals surface area contributed by atoms with Crippen molar-refractivity contribution in [1.82, 2.24) is 4.90 Å². The maximum Gasteiger partial charge on any atom is 0.185 e. The number of methoxy groups -OCH3 is 1. The molecule has 0 aromatic carbocycles. The van der Waals surface area contributed by atoms with Crippen LogP contribution in [-0.4, -0.2) is 41.8 Å². The number of fused-ring (bicyclic) bond motifs is 1. The van der Waals surface area contributed by atoms with Crippen LogP contribution in [0.1, 0.15) is 13.3 Å². The van der Waals surface area contributed by atoms with Crippen molar-refractivity contribution in [3.63, 3.8) is 0 Å². The lowest BCUT2D eigenvalue weighted by molar-refractivity contribution is -0.0893. The number of likely N-dealkylation sites (tertiary alicyclic amines) is 1. The first kappa shape index (κ1) is 10.1. The third-order valence-electron chi connectivity index (χ3n) is 3.69. The van der Waals surface area contributed by atoms with Crippen LogP contribution in [-0.2, 0) is 9.47 Å². The smallest absolute Gasteiger partial charge is 0.185 e. The van der Waals surface area contributed by atoms with Gasteiger partial charge in [0.25, 0.3) is 0 Å². The Morgan fingerprint density at radius 1 is 1.69 bits per heavy atom. The summed E-state index contributed by atoms with van der Waals surface area (Å²) in [6.45, 7) is 2.09. The van der Waals surface area contributed by atoms with Crippen molar-refractivity contribution in [3.8, 4) is 6.07 Å². The van der Waals surface area contributed by atoms with Crippen LogP contribution in [0.5, 0.6) is 0 Å². The van der Waals surface area contributed by atoms with Crippen molar-refractivity contribution in [2.45, 2.75) is 38.0 Å². The SMILES string of the molecule is COC(O)C1OC1N1C2=C(C)[C@H]2C[C@H]1C#N. The van der Waals surface area contributed by atoms with E-state index in [9.17, 15) is 5.11 Å². The van der Waals surface area contributed by atoms with Crippen molar-refractivity contribution < 1.29 is 14.6 Å². The molecule has 0 aromatic rings. The third-order valence-corrected chi connectivity index (χ3v) is 3.69. The molecule has 2 aliphatic heterocycles. The average molecular weight is 222 g/mol. The number of hydrogen-bond acceptors (Lipinski definition) is 5. The van der Waals surface area contributed by atoms with Crippen LogP contribution in [0.15, 0.2) is 11.3 Å². The van der Waals surface area contributed by atoms with Crippen LogP contribution in [0.4, 0.5) is 0 Å². The Morgan fingerprint density at radius 2 is 2.44 bits per heavy atom. The van der Waals surface area contributed by atoms with Gasteiger partial charge in [0, 0.05) is 18.7 Å². The molecule has 5 heteroatoms. The van der Waals surface area contributed by atoms with E-state index < -0.39 is 6.29 Å². The molecule has 0 saturated carbocycles. The number of ether oxygens (including phenoxy) is 2. The largest absolute Gasteiger partial charge is 0.366 e. The van der Waals surface area contributed by atoms with Gasteiger partial charge in [-0.1, -0.05) is 0 Å². The molecular formula is C11H14N2O3. The quantitative estimate of drug-likeness (QED) is 0.545. The van der Waals surface area contributed by atoms with Crippen molar-refractivity contribution in [1.29, 1.82) is 5.26 Å². The second kappa shape index (κ2) is 3.20. The lowest BCUT2D eigenvalue weighted by atomic mass is 10.1. The number of aliphatic hydroxyl groups is 1. The standard InChI is InChI=1S/C11H14N2O3/c1-5-7-3-6(4-12)13(8(5)7)10-9(16-10)11(14)15-2/h6-7,9-11,14H,3H2,1-2H3/t6-,7+,9?,10?,11?/m0/s1. The maximum atomic E-state index is 9.48. The number of epoxide rings is 1. The van der Waals surface area contributed by atoms with Crippen molar-refractivity contribution in [2.24, 2.45) is 5.92 Å². The molecule has 5 atom stereocenters. The fourth-order valence-electron chi connectivity index (χ4n) is 2.66. The summed E-state index contributed by atoms with van der Waals surface area (Å²) in [6, 6.07) is 2.17. The molecule has 3 rings (SSSR count). The summed E-state index contributed by atoms with van der Waals surface area (Å²) in [5, 5.41) is 18.5. The number of allylic oxidation sites excluding steroid dienone is 2. The number of nitriles is 1. The molecule has 86 valence electrons. The predicted molar refractivity (Wildman–Crippen MR) is 53.7 cm³/mol. The van der Waals surface area contributed by atoms with E-state index in [4.69, 9.17) is 14.7 Å². The minimum absolute atomic E-state index is 0.109. The van der Waals surface area contributed by atoms with E-state index in [0.717, 1.165) is 6.42 Å². The van der Waals surface area contributed by atoms with Gasteiger partial charge in [-0.3, -0.25) is 0 Å². The molecule has 2 saturated heterocycles. The molecule has 1 aliphatic carbocycles. The summed E-state index contributed by atoms with van der Waals surface area (Å²) >= 11 is 0. The van der Waals surface area contributed by atoms with Gasteiger partial charge in [-0.25, -0.2) is 0 Å². The Kier molecular flexibility index (Phi) is 2.02. The molecule has 0 radical (unpaired) electrons. The molecule has 0 amide bonds. The lowest BCUT2D eigenvalue weighted by Crippen LogP contribution is -2.33. The van der Waals surface area contributed by atoms with Crippen LogP contribution in [0.2, 0.25) is 0 Å². The molecule has 1 N–H and O–H groups in total. The van der Waals surface area contributed by atoms with Gasteiger partial charge in [0.2, 0.25) is 0 Å². The summed E-state index contributed by atoms with van der Waals surface area (Å²) in [5.41, 5.74) is 2.59. The number of rotatable bonds is 3. The first-order valence-electron chi connectivity index (χ1n) is 5.44. The normalized spacial score (nSPS) is 41.8. The minimum Gasteiger partial charge on any atom is -0.366 e. The van der Waals surface area contributed by atoms with Gasteiger partial charge in [0.05, 0.1) is 6.07 Å². The maximum absolute atomic E-state index is 9.48. The van der Waals surface area contributed by atoms with Gasteiger partial charge in [-0.2, -0.15) is 5.26 Å². The summed E-state index contributed by atoms with van der Waals surface area (Å²) in [7, 11) is 1.44. The Hall–Kier alpha value is -1.09. The van der Waals surface area contributed by atoms with Gasteiger partial charge in [-0.15, -0.1) is 0 Å². The number of aliphatic hydroxyl groups excluding tert-OH is 1. The van der Waals surface area contributed by atoms with Gasteiger partial charge in [-0.05, 0) is 18.9 Å². The summed E-state index contributed by atoms with van der Waals surface area (Å²) in [5.74, 6) is 0.481. The second-order valence-corrected chi connectivity index (χ2v) is 4.53. The molecular weight excluding hydrogens is 208 g/mol. The molecule has 3 unspecified atom stereocenters. The van der Waals surface area contributed by atoms with Crippen LogP contribution >= 0.6 is 0 Å². The molecule has 0 aromatic heterocycles. The highest BCUT2D eigenvalue weighted by atomic mass is 16.7. The Bertz CT molecular complexity index is 401. The van der Waals surface area contributed by atoms with Crippen molar-refractivity contribution in [2.75, 3.05) is 7.11 Å². The number of nitrogens with zero attached hydrogens (tertiary/aromatic N) is 2. The monoisotopic (exact) mass is 222 g/mol. The first-order chi connectivity index (χ1) is 7.69. The summed E-state index contributed by atoms with van der Waals surface area (Å²) in [6.07, 6.45) is -0.534. The Labute approximate surface area is 93.9 Å². The highest BCUT2D eigenvalue weighted by molar-refractivity contribution is 5.44. The van der Waals surface area contributed by atoms with Gasteiger partial charge >= 0.3 is 0 Å². The Morgan fingerprint density at radius 3 is 3.06 bits per heavy atom. The highest BCUT2D eigenvalue weighted by Gasteiger charge is 2.59. The molecule has 3 aliphatic rings. The fraction of sp³-hybridized carbons (Fsp3) is 0.727. The molecule has 16 heavy (non-hydrogen) atoms. The Balaban J connectivity index is 1.74. The van der Waals surface area contributed by atoms with Gasteiger partial charge < -0.3 is 19.5 Å². The lowest BCUT2D eigenvalue weighted by Gasteiger charge is -2.20. The van der Waals surface area contributed by atoms with E-state index in [2.05, 4.69) is 13.0 Å². The molecule has 0 bridgehead atoms. The number of hydrogen-bond donors (Lipinski definition) is 1. The van der Waals surface area contributed by atoms with Crippen molar-refractivity contribution in [3.05, 3.63) is 11.3 Å². The topological polar surface area (TPSA) is 69.0 Å². The van der Waals surface area contributed by atoms with E-state index in [1.54, 1.807) is 0 Å². The zero-order valence-electron chi connectivity index (χ0n) is 9.25. The van der Waals surface area contributed by atoms with E-state index >= 15 is 0 Å². The van der Waals surface area contributed by atoms with Crippen LogP contribution in [0.25, 0.3) is 0 Å². The molecule has 2 heterocycles. The van der Waals surface area contributed by atoms with E-state index in [0.29, 0.717) is 5.92 Å². The predicted octanol–water partition coefficient (Wildman–Crippen LogP) is 0.178. The zero-order chi connectivity index (χ0) is 11.4. The third kappa shape index (κ3) is 1.21. The van der Waals surface area contributed by atoms with Gasteiger partial charge in [0.1, 0.15) is 6.04 Å². The van der Waals surface area contributed by atoms with Gasteiger partial charge in [0.15, 0.2) is 18.6 Å². The second-order valence-electron chi connectivity index (χ2n) is 4.53. The van der Waals surface area contributed by atoms with E-state index in [1.807, 2.05) is 4.90 Å². The van der Waals surface area contributed by atoms with E-state index in [1.165, 1.54) is 18.4 Å². The van der Waals surface area contributed by atoms with E-state index in [-0.39, 0.29) is 18.4 Å².